The van der Waals surface area contributed by atoms with Gasteiger partial charge in [-0.1, -0.05) is 48.7 Å². The fraction of sp³-hybridized carbons (Fsp3) is 0.333. The first kappa shape index (κ1) is 8.89. The van der Waals surface area contributed by atoms with Gasteiger partial charge in [0.25, 0.3) is 0 Å². The molecule has 0 saturated heterocycles. The molecule has 0 heterocycles. The lowest BCUT2D eigenvalue weighted by molar-refractivity contribution is 0.922. The van der Waals surface area contributed by atoms with E-state index in [4.69, 9.17) is 23.2 Å². The Labute approximate surface area is 77.1 Å². The molecular weight excluding hydrogens is 179 g/mol. The minimum absolute atomic E-state index is 0.651. The molecule has 0 N–H and O–H groups in total. The van der Waals surface area contributed by atoms with Gasteiger partial charge in [0.15, 0.2) is 0 Å². The summed E-state index contributed by atoms with van der Waals surface area (Å²) >= 11 is 11.8. The van der Waals surface area contributed by atoms with Crippen LogP contribution < -0.4 is 0 Å². The molecule has 1 rings (SSSR count). The monoisotopic (exact) mass is 188 g/mol. The van der Waals surface area contributed by atoms with Crippen molar-refractivity contribution in [2.45, 2.75) is 19.8 Å². The van der Waals surface area contributed by atoms with Gasteiger partial charge in [-0.05, 0) is 18.1 Å². The second-order valence-electron chi connectivity index (χ2n) is 2.46. The third-order valence-electron chi connectivity index (χ3n) is 1.55. The van der Waals surface area contributed by atoms with Gasteiger partial charge in [0.1, 0.15) is 0 Å². The molecule has 0 nitrogen and oxygen atoms in total. The highest BCUT2D eigenvalue weighted by Crippen LogP contribution is 2.26. The van der Waals surface area contributed by atoms with Crippen LogP contribution in [-0.4, -0.2) is 0 Å². The highest BCUT2D eigenvalue weighted by molar-refractivity contribution is 6.42. The molecule has 0 saturated carbocycles. The minimum Gasteiger partial charge on any atom is -0.0827 e. The van der Waals surface area contributed by atoms with Crippen LogP contribution >= 0.6 is 23.2 Å². The Balaban J connectivity index is 2.96. The first-order valence-corrected chi connectivity index (χ1v) is 4.44. The zero-order valence-corrected chi connectivity index (χ0v) is 7.91. The van der Waals surface area contributed by atoms with Gasteiger partial charge in [-0.15, -0.1) is 0 Å². The normalized spacial score (nSPS) is 10.1. The Hall–Kier alpha value is -0.200. The minimum atomic E-state index is 0.651. The van der Waals surface area contributed by atoms with Crippen LogP contribution in [-0.2, 0) is 6.42 Å². The van der Waals surface area contributed by atoms with Gasteiger partial charge in [-0.25, -0.2) is 0 Å². The van der Waals surface area contributed by atoms with E-state index in [0.717, 1.165) is 18.4 Å². The van der Waals surface area contributed by atoms with E-state index in [1.807, 2.05) is 18.2 Å². The van der Waals surface area contributed by atoms with Crippen molar-refractivity contribution in [1.82, 2.24) is 0 Å². The van der Waals surface area contributed by atoms with Crippen molar-refractivity contribution in [3.63, 3.8) is 0 Å². The van der Waals surface area contributed by atoms with Gasteiger partial charge in [-0.2, -0.15) is 0 Å². The quantitative estimate of drug-likeness (QED) is 0.660. The van der Waals surface area contributed by atoms with E-state index < -0.39 is 0 Å². The zero-order valence-electron chi connectivity index (χ0n) is 6.40. The van der Waals surface area contributed by atoms with Gasteiger partial charge in [0.05, 0.1) is 10.0 Å². The molecule has 0 fully saturated rings. The maximum atomic E-state index is 5.94. The van der Waals surface area contributed by atoms with Crippen LogP contribution in [0.3, 0.4) is 0 Å². The largest absolute Gasteiger partial charge is 0.0827 e. The molecule has 0 spiro atoms. The highest BCUT2D eigenvalue weighted by atomic mass is 35.5. The average molecular weight is 189 g/mol. The Morgan fingerprint density at radius 2 is 2.00 bits per heavy atom. The third-order valence-corrected chi connectivity index (χ3v) is 2.41. The SMILES string of the molecule is CCCc1cccc(Cl)c1Cl. The molecule has 11 heavy (non-hydrogen) atoms. The second kappa shape index (κ2) is 3.99. The number of aryl methyl sites for hydroxylation is 1. The van der Waals surface area contributed by atoms with Gasteiger partial charge in [0.2, 0.25) is 0 Å². The first-order valence-electron chi connectivity index (χ1n) is 3.68. The molecule has 0 atom stereocenters. The van der Waals surface area contributed by atoms with E-state index in [-0.39, 0.29) is 0 Å². The topological polar surface area (TPSA) is 0 Å². The number of rotatable bonds is 2. The van der Waals surface area contributed by atoms with Crippen molar-refractivity contribution in [3.05, 3.63) is 33.8 Å². The lowest BCUT2D eigenvalue weighted by atomic mass is 10.1. The van der Waals surface area contributed by atoms with E-state index in [9.17, 15) is 0 Å². The Kier molecular flexibility index (Phi) is 3.22. The third kappa shape index (κ3) is 2.11. The predicted octanol–water partition coefficient (Wildman–Crippen LogP) is 3.95. The van der Waals surface area contributed by atoms with E-state index in [0.29, 0.717) is 10.0 Å². The predicted molar refractivity (Wildman–Crippen MR) is 50.5 cm³/mol. The van der Waals surface area contributed by atoms with Crippen molar-refractivity contribution >= 4 is 23.2 Å². The first-order chi connectivity index (χ1) is 5.25. The maximum Gasteiger partial charge on any atom is 0.0624 e. The number of halogens is 2. The van der Waals surface area contributed by atoms with Gasteiger partial charge < -0.3 is 0 Å². The van der Waals surface area contributed by atoms with Crippen molar-refractivity contribution in [1.29, 1.82) is 0 Å². The van der Waals surface area contributed by atoms with Crippen LogP contribution in [0.15, 0.2) is 18.2 Å². The number of benzene rings is 1. The number of hydrogen-bond donors (Lipinski definition) is 0. The van der Waals surface area contributed by atoms with Crippen LogP contribution in [0.5, 0.6) is 0 Å². The van der Waals surface area contributed by atoms with Gasteiger partial charge >= 0.3 is 0 Å². The second-order valence-corrected chi connectivity index (χ2v) is 3.25. The summed E-state index contributed by atoms with van der Waals surface area (Å²) in [4.78, 5) is 0. The molecule has 2 heteroatoms. The summed E-state index contributed by atoms with van der Waals surface area (Å²) in [5.74, 6) is 0. The Morgan fingerprint density at radius 1 is 1.27 bits per heavy atom. The van der Waals surface area contributed by atoms with Crippen LogP contribution in [0.25, 0.3) is 0 Å². The Bertz CT molecular complexity index is 243. The van der Waals surface area contributed by atoms with Crippen molar-refractivity contribution in [2.75, 3.05) is 0 Å². The van der Waals surface area contributed by atoms with Crippen molar-refractivity contribution in [2.24, 2.45) is 0 Å². The van der Waals surface area contributed by atoms with Crippen LogP contribution in [0.1, 0.15) is 18.9 Å². The van der Waals surface area contributed by atoms with Gasteiger partial charge in [-0.3, -0.25) is 0 Å². The molecule has 0 aliphatic rings. The lowest BCUT2D eigenvalue weighted by Gasteiger charge is -2.02. The molecule has 0 bridgehead atoms. The molecule has 1 aromatic carbocycles. The fourth-order valence-electron chi connectivity index (χ4n) is 1.01. The molecule has 0 amide bonds. The smallest absolute Gasteiger partial charge is 0.0624 e. The Morgan fingerprint density at radius 3 is 2.64 bits per heavy atom. The van der Waals surface area contributed by atoms with Crippen molar-refractivity contribution < 1.29 is 0 Å². The summed E-state index contributed by atoms with van der Waals surface area (Å²) < 4.78 is 0. The van der Waals surface area contributed by atoms with Crippen molar-refractivity contribution in [3.8, 4) is 0 Å². The lowest BCUT2D eigenvalue weighted by Crippen LogP contribution is -1.84. The van der Waals surface area contributed by atoms with E-state index in [1.165, 1.54) is 0 Å². The van der Waals surface area contributed by atoms with Crippen LogP contribution in [0.2, 0.25) is 10.0 Å². The molecule has 0 unspecified atom stereocenters. The van der Waals surface area contributed by atoms with E-state index in [2.05, 4.69) is 6.92 Å². The molecule has 0 aliphatic heterocycles. The summed E-state index contributed by atoms with van der Waals surface area (Å²) in [6.45, 7) is 2.12. The summed E-state index contributed by atoms with van der Waals surface area (Å²) in [5, 5.41) is 1.36. The van der Waals surface area contributed by atoms with Crippen LogP contribution in [0.4, 0.5) is 0 Å². The summed E-state index contributed by atoms with van der Waals surface area (Å²) in [5.41, 5.74) is 1.14. The van der Waals surface area contributed by atoms with Crippen LogP contribution in [0, 0.1) is 0 Å². The van der Waals surface area contributed by atoms with Gasteiger partial charge in [0, 0.05) is 0 Å². The zero-order chi connectivity index (χ0) is 8.27. The molecular formula is C9H10Cl2. The van der Waals surface area contributed by atoms with E-state index >= 15 is 0 Å². The standard InChI is InChI=1S/C9H10Cl2/c1-2-4-7-5-3-6-8(10)9(7)11/h3,5-6H,2,4H2,1H3. The highest BCUT2D eigenvalue weighted by Gasteiger charge is 2.01. The molecule has 60 valence electrons. The summed E-state index contributed by atoms with van der Waals surface area (Å²) in [7, 11) is 0. The summed E-state index contributed by atoms with van der Waals surface area (Å²) in [6, 6.07) is 5.75. The molecule has 1 aromatic rings. The molecule has 0 radical (unpaired) electrons. The molecule has 0 aromatic heterocycles. The molecule has 0 aliphatic carbocycles. The average Bonchev–Trinajstić information content (AvgIpc) is 1.99. The number of hydrogen-bond acceptors (Lipinski definition) is 0. The maximum absolute atomic E-state index is 5.94. The van der Waals surface area contributed by atoms with E-state index in [1.54, 1.807) is 0 Å². The summed E-state index contributed by atoms with van der Waals surface area (Å²) in [6.07, 6.45) is 2.10. The fourth-order valence-corrected chi connectivity index (χ4v) is 1.43.